The molecule has 9 atom stereocenters. The van der Waals surface area contributed by atoms with Crippen LogP contribution in [-0.2, 0) is 23.9 Å². The van der Waals surface area contributed by atoms with Crippen molar-refractivity contribution < 1.29 is 43.3 Å². The Morgan fingerprint density at radius 1 is 1.23 bits per heavy atom. The minimum absolute atomic E-state index is 0.0544. The number of aliphatic hydroxyl groups is 2. The molecule has 0 aromatic carbocycles. The summed E-state index contributed by atoms with van der Waals surface area (Å²) in [4.78, 5) is 62.0. The van der Waals surface area contributed by atoms with Gasteiger partial charge in [0, 0.05) is 40.2 Å². The maximum absolute atomic E-state index is 17.3. The molecule has 1 unspecified atom stereocenters. The van der Waals surface area contributed by atoms with Gasteiger partial charge in [0.15, 0.2) is 18.1 Å². The van der Waals surface area contributed by atoms with Crippen LogP contribution in [0.2, 0.25) is 0 Å². The first-order valence-corrected chi connectivity index (χ1v) is 18.4. The maximum atomic E-state index is 17.3. The number of fused-ring (bicyclic) bond motifs is 5. The predicted molar refractivity (Wildman–Crippen MR) is 178 cm³/mol. The quantitative estimate of drug-likeness (QED) is 0.140. The highest BCUT2D eigenvalue weighted by atomic mass is 33.1. The Labute approximate surface area is 283 Å². The summed E-state index contributed by atoms with van der Waals surface area (Å²) in [7, 11) is 2.72. The SMILES string of the molecule is C[C@@H]1C[C@H]2[C@@H]3CCC4=CC(=O)C=C[C@]4(C)[C@@]3(F)[C@@H](O)C[C@]2(C)[C@@]1(O)C(=O)COC(=O)NCCSSC(C)(C)C(CC(=O)CN)C(N)=O. The standard InChI is InChI=1S/C33H48FN3O8S2/c1-18-12-23-22-7-6-19-13-20(38)8-9-30(19,4)32(22,34)25(40)15-31(23,5)33(18,44)26(41)17-45-28(43)37-10-11-46-47-29(2,3)24(27(36)42)14-21(39)16-35/h8-9,13,18,22-25,40,44H,6-7,10-12,14-17,35H2,1-5H3,(H2,36,42)(H,37,43)/t18-,22+,23+,24?,25+,30+,31+,32+,33+/m1/s1. The van der Waals surface area contributed by atoms with E-state index in [2.05, 4.69) is 5.32 Å². The highest BCUT2D eigenvalue weighted by Crippen LogP contribution is 2.70. The monoisotopic (exact) mass is 697 g/mol. The number of Topliss-reactive ketones (excluding diaryl/α,β-unsaturated/α-hetero) is 2. The number of nitrogens with one attached hydrogen (secondary N) is 1. The van der Waals surface area contributed by atoms with Crippen LogP contribution in [0.3, 0.4) is 0 Å². The van der Waals surface area contributed by atoms with E-state index in [0.29, 0.717) is 30.6 Å². The number of halogens is 1. The number of carbonyl (C=O) groups is 5. The van der Waals surface area contributed by atoms with Crippen molar-refractivity contribution in [3.05, 3.63) is 23.8 Å². The molecule has 3 fully saturated rings. The fourth-order valence-electron chi connectivity index (χ4n) is 8.88. The summed E-state index contributed by atoms with van der Waals surface area (Å²) >= 11 is 0. The molecule has 4 aliphatic rings. The van der Waals surface area contributed by atoms with E-state index >= 15 is 4.39 Å². The number of allylic oxidation sites excluding steroid dienone is 4. The summed E-state index contributed by atoms with van der Waals surface area (Å²) in [5.74, 6) is -3.76. The van der Waals surface area contributed by atoms with E-state index in [-0.39, 0.29) is 37.5 Å². The second-order valence-corrected chi connectivity index (χ2v) is 17.6. The molecule has 4 rings (SSSR count). The first kappa shape index (κ1) is 37.6. The Kier molecular flexibility index (Phi) is 10.8. The molecule has 11 nitrogen and oxygen atoms in total. The lowest BCUT2D eigenvalue weighted by Crippen LogP contribution is -2.69. The molecule has 2 amide bonds. The molecule has 14 heteroatoms. The topological polar surface area (TPSA) is 199 Å². The van der Waals surface area contributed by atoms with Crippen molar-refractivity contribution in [3.8, 4) is 0 Å². The number of alkyl carbamates (subject to hydrolysis) is 1. The Morgan fingerprint density at radius 2 is 1.91 bits per heavy atom. The zero-order valence-corrected chi connectivity index (χ0v) is 29.3. The normalized spacial score (nSPS) is 36.8. The lowest BCUT2D eigenvalue weighted by molar-refractivity contribution is -0.219. The van der Waals surface area contributed by atoms with Crippen LogP contribution in [0.4, 0.5) is 9.18 Å². The van der Waals surface area contributed by atoms with Gasteiger partial charge in [0.05, 0.1) is 18.6 Å². The summed E-state index contributed by atoms with van der Waals surface area (Å²) in [6.45, 7) is 8.06. The fraction of sp³-hybridized carbons (Fsp3) is 0.727. The predicted octanol–water partition coefficient (Wildman–Crippen LogP) is 2.81. The van der Waals surface area contributed by atoms with Crippen LogP contribution in [0, 0.1) is 34.5 Å². The number of primary amides is 1. The lowest BCUT2D eigenvalue weighted by Gasteiger charge is -2.62. The van der Waals surface area contributed by atoms with Crippen molar-refractivity contribution in [2.24, 2.45) is 46.0 Å². The Morgan fingerprint density at radius 3 is 2.55 bits per heavy atom. The van der Waals surface area contributed by atoms with E-state index in [1.165, 1.54) is 33.7 Å². The third-order valence-corrected chi connectivity index (χ3v) is 14.9. The van der Waals surface area contributed by atoms with E-state index in [1.807, 2.05) is 0 Å². The van der Waals surface area contributed by atoms with Crippen LogP contribution < -0.4 is 16.8 Å². The summed E-state index contributed by atoms with van der Waals surface area (Å²) in [5, 5.41) is 26.1. The highest BCUT2D eigenvalue weighted by molar-refractivity contribution is 8.77. The summed E-state index contributed by atoms with van der Waals surface area (Å²) in [5.41, 5.74) is 5.15. The van der Waals surface area contributed by atoms with E-state index in [4.69, 9.17) is 16.2 Å². The van der Waals surface area contributed by atoms with Crippen LogP contribution in [0.5, 0.6) is 0 Å². The number of hydrogen-bond donors (Lipinski definition) is 5. The second-order valence-electron chi connectivity index (χ2n) is 14.5. The van der Waals surface area contributed by atoms with Gasteiger partial charge in [0.2, 0.25) is 11.7 Å². The van der Waals surface area contributed by atoms with Gasteiger partial charge in [0.25, 0.3) is 0 Å². The molecule has 0 heterocycles. The smallest absolute Gasteiger partial charge is 0.407 e. The molecule has 0 spiro atoms. The largest absolute Gasteiger partial charge is 0.441 e. The summed E-state index contributed by atoms with van der Waals surface area (Å²) in [6, 6.07) is 0. The van der Waals surface area contributed by atoms with Crippen LogP contribution in [0.25, 0.3) is 0 Å². The Bertz CT molecular complexity index is 1370. The van der Waals surface area contributed by atoms with Gasteiger partial charge in [0.1, 0.15) is 11.4 Å². The van der Waals surface area contributed by atoms with Gasteiger partial charge in [-0.3, -0.25) is 19.2 Å². The van der Waals surface area contributed by atoms with Gasteiger partial charge in [-0.1, -0.05) is 47.1 Å². The van der Waals surface area contributed by atoms with Crippen molar-refractivity contribution in [3.63, 3.8) is 0 Å². The summed E-state index contributed by atoms with van der Waals surface area (Å²) < 4.78 is 21.9. The molecule has 7 N–H and O–H groups in total. The fourth-order valence-corrected chi connectivity index (χ4v) is 11.5. The van der Waals surface area contributed by atoms with Crippen molar-refractivity contribution in [2.75, 3.05) is 25.4 Å². The number of nitrogens with two attached hydrogens (primary N) is 2. The number of ketones is 3. The van der Waals surface area contributed by atoms with Crippen molar-refractivity contribution >= 4 is 50.9 Å². The molecule has 262 valence electrons. The molecule has 4 aliphatic carbocycles. The Hall–Kier alpha value is -2.26. The average molecular weight is 698 g/mol. The molecule has 0 bridgehead atoms. The van der Waals surface area contributed by atoms with E-state index in [1.54, 1.807) is 40.7 Å². The van der Waals surface area contributed by atoms with Gasteiger partial charge >= 0.3 is 6.09 Å². The third-order valence-electron chi connectivity index (χ3n) is 11.6. The van der Waals surface area contributed by atoms with Crippen LogP contribution in [0.15, 0.2) is 23.8 Å². The minimum Gasteiger partial charge on any atom is -0.441 e. The molecule has 0 saturated heterocycles. The molecule has 0 radical (unpaired) electrons. The molecular weight excluding hydrogens is 650 g/mol. The van der Waals surface area contributed by atoms with Crippen LogP contribution in [0.1, 0.15) is 66.7 Å². The molecule has 0 aromatic heterocycles. The second kappa shape index (κ2) is 13.6. The van der Waals surface area contributed by atoms with E-state index < -0.39 is 81.0 Å². The number of carbonyl (C=O) groups excluding carboxylic acids is 5. The number of amides is 2. The zero-order valence-electron chi connectivity index (χ0n) is 27.7. The van der Waals surface area contributed by atoms with Gasteiger partial charge in [-0.15, -0.1) is 0 Å². The summed E-state index contributed by atoms with van der Waals surface area (Å²) in [6.07, 6.45) is 2.98. The first-order chi connectivity index (χ1) is 21.8. The molecule has 0 aromatic rings. The maximum Gasteiger partial charge on any atom is 0.407 e. The number of ether oxygens (including phenoxy) is 1. The van der Waals surface area contributed by atoms with Crippen LogP contribution >= 0.6 is 21.6 Å². The van der Waals surface area contributed by atoms with Gasteiger partial charge in [-0.2, -0.15) is 0 Å². The molecule has 0 aliphatic heterocycles. The van der Waals surface area contributed by atoms with Gasteiger partial charge < -0.3 is 31.7 Å². The lowest BCUT2D eigenvalue weighted by atomic mass is 9.44. The third kappa shape index (κ3) is 6.33. The van der Waals surface area contributed by atoms with Crippen molar-refractivity contribution in [1.29, 1.82) is 0 Å². The zero-order chi connectivity index (χ0) is 35.2. The van der Waals surface area contributed by atoms with Gasteiger partial charge in [-0.25, -0.2) is 9.18 Å². The van der Waals surface area contributed by atoms with E-state index in [0.717, 1.165) is 0 Å². The number of alkyl halides is 1. The highest BCUT2D eigenvalue weighted by Gasteiger charge is 2.75. The first-order valence-electron chi connectivity index (χ1n) is 16.1. The van der Waals surface area contributed by atoms with E-state index in [9.17, 15) is 34.2 Å². The number of hydrogen-bond acceptors (Lipinski definition) is 11. The molecular formula is C33H48FN3O8S2. The van der Waals surface area contributed by atoms with Crippen molar-refractivity contribution in [1.82, 2.24) is 5.32 Å². The number of rotatable bonds is 13. The molecule has 3 saturated carbocycles. The average Bonchev–Trinajstić information content (AvgIpc) is 3.20. The van der Waals surface area contributed by atoms with Gasteiger partial charge in [-0.05, 0) is 70.4 Å². The van der Waals surface area contributed by atoms with Crippen LogP contribution in [-0.4, -0.2) is 87.1 Å². The Balaban J connectivity index is 1.34. The number of aliphatic hydroxyl groups excluding tert-OH is 1. The minimum atomic E-state index is -2.09. The van der Waals surface area contributed by atoms with Crippen molar-refractivity contribution in [2.45, 2.75) is 88.8 Å². The molecule has 47 heavy (non-hydrogen) atoms.